The number of fused-ring (bicyclic) bond motifs is 1. The zero-order valence-electron chi connectivity index (χ0n) is 16.6. The molecule has 0 saturated carbocycles. The number of thiazole rings is 1. The van der Waals surface area contributed by atoms with Crippen LogP contribution < -0.4 is 19.5 Å². The molecule has 4 rings (SSSR count). The molecule has 0 radical (unpaired) electrons. The van der Waals surface area contributed by atoms with Crippen molar-refractivity contribution < 1.29 is 14.2 Å². The average molecular weight is 410 g/mol. The first-order valence-corrected chi connectivity index (χ1v) is 10.2. The molecule has 0 saturated heterocycles. The van der Waals surface area contributed by atoms with Crippen molar-refractivity contribution >= 4 is 27.4 Å². The fourth-order valence-corrected chi connectivity index (χ4v) is 4.02. The van der Waals surface area contributed by atoms with Gasteiger partial charge in [-0.1, -0.05) is 0 Å². The second-order valence-electron chi connectivity index (χ2n) is 6.51. The lowest BCUT2D eigenvalue weighted by Crippen LogP contribution is -2.04. The van der Waals surface area contributed by atoms with Crippen LogP contribution in [0.3, 0.4) is 0 Å². The molecule has 2 heterocycles. The molecule has 0 atom stereocenters. The summed E-state index contributed by atoms with van der Waals surface area (Å²) in [5.74, 6) is 2.37. The summed E-state index contributed by atoms with van der Waals surface area (Å²) in [6.07, 6.45) is 2.94. The van der Waals surface area contributed by atoms with Crippen molar-refractivity contribution in [3.05, 3.63) is 53.5 Å². The topological polar surface area (TPSA) is 68.4 Å². The highest BCUT2D eigenvalue weighted by Gasteiger charge is 2.12. The lowest BCUT2D eigenvalue weighted by molar-refractivity contribution is 0.395. The van der Waals surface area contributed by atoms with Gasteiger partial charge in [0.15, 0.2) is 5.13 Å². The number of hydrogen-bond donors (Lipinski definition) is 2. The van der Waals surface area contributed by atoms with Crippen LogP contribution in [-0.2, 0) is 6.42 Å². The van der Waals surface area contributed by atoms with Gasteiger partial charge in [0.1, 0.15) is 17.2 Å². The second kappa shape index (κ2) is 8.45. The first-order chi connectivity index (χ1) is 14.2. The van der Waals surface area contributed by atoms with E-state index in [2.05, 4.69) is 22.6 Å². The molecule has 0 bridgehead atoms. The van der Waals surface area contributed by atoms with E-state index >= 15 is 0 Å². The number of anilines is 1. The molecule has 0 aliphatic carbocycles. The molecule has 6 nitrogen and oxygen atoms in total. The number of rotatable bonds is 8. The summed E-state index contributed by atoms with van der Waals surface area (Å²) < 4.78 is 16.1. The van der Waals surface area contributed by atoms with Gasteiger partial charge in [0, 0.05) is 40.7 Å². The highest BCUT2D eigenvalue weighted by molar-refractivity contribution is 7.14. The van der Waals surface area contributed by atoms with Crippen LogP contribution in [0.4, 0.5) is 5.13 Å². The summed E-state index contributed by atoms with van der Waals surface area (Å²) in [5, 5.41) is 7.53. The Bertz CT molecular complexity index is 1120. The van der Waals surface area contributed by atoms with Gasteiger partial charge in [-0.3, -0.25) is 0 Å². The van der Waals surface area contributed by atoms with E-state index in [9.17, 15) is 0 Å². The van der Waals surface area contributed by atoms with Crippen LogP contribution >= 0.6 is 11.3 Å². The fourth-order valence-electron chi connectivity index (χ4n) is 3.28. The molecule has 0 aliphatic heterocycles. The highest BCUT2D eigenvalue weighted by Crippen LogP contribution is 2.34. The molecule has 0 fully saturated rings. The molecule has 29 heavy (non-hydrogen) atoms. The second-order valence-corrected chi connectivity index (χ2v) is 7.36. The van der Waals surface area contributed by atoms with Gasteiger partial charge in [-0.05, 0) is 42.3 Å². The molecule has 0 unspecified atom stereocenters. The third kappa shape index (κ3) is 4.00. The van der Waals surface area contributed by atoms with Crippen LogP contribution in [0.1, 0.15) is 5.56 Å². The van der Waals surface area contributed by atoms with Gasteiger partial charge in [-0.25, -0.2) is 4.98 Å². The van der Waals surface area contributed by atoms with Gasteiger partial charge in [0.25, 0.3) is 0 Å². The normalized spacial score (nSPS) is 10.9. The first kappa shape index (κ1) is 19.1. The van der Waals surface area contributed by atoms with E-state index in [0.29, 0.717) is 0 Å². The zero-order valence-corrected chi connectivity index (χ0v) is 17.4. The number of H-pyrrole nitrogens is 1. The summed E-state index contributed by atoms with van der Waals surface area (Å²) in [6, 6.07) is 11.8. The van der Waals surface area contributed by atoms with Crippen molar-refractivity contribution in [1.82, 2.24) is 9.97 Å². The summed E-state index contributed by atoms with van der Waals surface area (Å²) in [4.78, 5) is 8.03. The van der Waals surface area contributed by atoms with Gasteiger partial charge < -0.3 is 24.5 Å². The van der Waals surface area contributed by atoms with Gasteiger partial charge in [-0.2, -0.15) is 0 Å². The maximum atomic E-state index is 5.49. The summed E-state index contributed by atoms with van der Waals surface area (Å²) in [7, 11) is 4.98. The SMILES string of the molecule is COc1ccc(-c2csc(NCCc3c[nH]c4ccc(OC)cc34)n2)c(OC)c1. The van der Waals surface area contributed by atoms with Crippen LogP contribution in [0.15, 0.2) is 48.0 Å². The van der Waals surface area contributed by atoms with Gasteiger partial charge in [0.2, 0.25) is 0 Å². The van der Waals surface area contributed by atoms with Crippen LogP contribution in [0.25, 0.3) is 22.2 Å². The Kier molecular flexibility index (Phi) is 5.57. The quantitative estimate of drug-likeness (QED) is 0.430. The molecular weight excluding hydrogens is 386 g/mol. The standard InChI is InChI=1S/C22H23N3O3S/c1-26-15-5-7-19-18(10-15)14(12-24-19)8-9-23-22-25-20(13-29-22)17-6-4-16(27-2)11-21(17)28-3/h4-7,10-13,24H,8-9H2,1-3H3,(H,23,25). The minimum absolute atomic E-state index is 0.744. The lowest BCUT2D eigenvalue weighted by Gasteiger charge is -2.08. The third-order valence-electron chi connectivity index (χ3n) is 4.83. The Morgan fingerprint density at radius 3 is 2.59 bits per heavy atom. The maximum absolute atomic E-state index is 5.49. The van der Waals surface area contributed by atoms with E-state index in [4.69, 9.17) is 19.2 Å². The number of ether oxygens (including phenoxy) is 3. The minimum Gasteiger partial charge on any atom is -0.497 e. The van der Waals surface area contributed by atoms with Crippen LogP contribution in [0.5, 0.6) is 17.2 Å². The molecule has 150 valence electrons. The number of nitrogens with zero attached hydrogens (tertiary/aromatic N) is 1. The van der Waals surface area contributed by atoms with Crippen molar-refractivity contribution in [2.45, 2.75) is 6.42 Å². The Morgan fingerprint density at radius 2 is 1.79 bits per heavy atom. The summed E-state index contributed by atoms with van der Waals surface area (Å²) >= 11 is 1.58. The van der Waals surface area contributed by atoms with E-state index in [0.717, 1.165) is 52.1 Å². The highest BCUT2D eigenvalue weighted by atomic mass is 32.1. The number of nitrogens with one attached hydrogen (secondary N) is 2. The molecule has 7 heteroatoms. The van der Waals surface area contributed by atoms with Crippen molar-refractivity contribution in [2.75, 3.05) is 33.2 Å². The number of aromatic nitrogens is 2. The first-order valence-electron chi connectivity index (χ1n) is 9.27. The van der Waals surface area contributed by atoms with Crippen LogP contribution in [-0.4, -0.2) is 37.8 Å². The van der Waals surface area contributed by atoms with Gasteiger partial charge >= 0.3 is 0 Å². The average Bonchev–Trinajstić information content (AvgIpc) is 3.40. The Labute approximate surface area is 173 Å². The molecule has 0 amide bonds. The minimum atomic E-state index is 0.744. The Balaban J connectivity index is 1.44. The van der Waals surface area contributed by atoms with Crippen LogP contribution in [0, 0.1) is 0 Å². The predicted molar refractivity (Wildman–Crippen MR) is 118 cm³/mol. The van der Waals surface area contributed by atoms with Crippen LogP contribution in [0.2, 0.25) is 0 Å². The molecule has 4 aromatic rings. The third-order valence-corrected chi connectivity index (χ3v) is 5.63. The monoisotopic (exact) mass is 409 g/mol. The summed E-state index contributed by atoms with van der Waals surface area (Å²) in [5.41, 5.74) is 4.19. The van der Waals surface area contributed by atoms with Gasteiger partial charge in [-0.15, -0.1) is 11.3 Å². The Hall–Kier alpha value is -3.19. The molecular formula is C22H23N3O3S. The van der Waals surface area contributed by atoms with Crippen molar-refractivity contribution in [3.63, 3.8) is 0 Å². The molecule has 2 aromatic heterocycles. The smallest absolute Gasteiger partial charge is 0.183 e. The molecule has 2 aromatic carbocycles. The number of methoxy groups -OCH3 is 3. The maximum Gasteiger partial charge on any atom is 0.183 e. The fraction of sp³-hybridized carbons (Fsp3) is 0.227. The van der Waals surface area contributed by atoms with Crippen molar-refractivity contribution in [1.29, 1.82) is 0 Å². The Morgan fingerprint density at radius 1 is 1.00 bits per heavy atom. The van der Waals surface area contributed by atoms with E-state index in [-0.39, 0.29) is 0 Å². The lowest BCUT2D eigenvalue weighted by atomic mass is 10.1. The molecule has 0 aliphatic rings. The molecule has 2 N–H and O–H groups in total. The van der Waals surface area contributed by atoms with Crippen molar-refractivity contribution in [2.24, 2.45) is 0 Å². The van der Waals surface area contributed by atoms with E-state index in [1.165, 1.54) is 10.9 Å². The zero-order chi connectivity index (χ0) is 20.2. The number of benzene rings is 2. The number of aromatic amines is 1. The largest absolute Gasteiger partial charge is 0.497 e. The molecule has 0 spiro atoms. The van der Waals surface area contributed by atoms with E-state index < -0.39 is 0 Å². The van der Waals surface area contributed by atoms with E-state index in [1.807, 2.05) is 35.7 Å². The van der Waals surface area contributed by atoms with E-state index in [1.54, 1.807) is 32.7 Å². The summed E-state index contributed by atoms with van der Waals surface area (Å²) in [6.45, 7) is 0.789. The van der Waals surface area contributed by atoms with Crippen molar-refractivity contribution in [3.8, 4) is 28.5 Å². The number of hydrogen-bond acceptors (Lipinski definition) is 6. The van der Waals surface area contributed by atoms with Gasteiger partial charge in [0.05, 0.1) is 27.0 Å². The predicted octanol–water partition coefficient (Wildman–Crippen LogP) is 4.97.